The van der Waals surface area contributed by atoms with E-state index in [0.29, 0.717) is 6.42 Å². The quantitative estimate of drug-likeness (QED) is 0.0261. The van der Waals surface area contributed by atoms with Crippen LogP contribution >= 0.6 is 0 Å². The van der Waals surface area contributed by atoms with E-state index in [1.54, 1.807) is 6.08 Å². The number of allylic oxidation sites excluding steroid dienone is 17. The highest BCUT2D eigenvalue weighted by Gasteiger charge is 2.44. The molecule has 7 atom stereocenters. The molecule has 9 heteroatoms. The van der Waals surface area contributed by atoms with Crippen LogP contribution < -0.4 is 5.32 Å². The Balaban J connectivity index is 2.24. The van der Waals surface area contributed by atoms with E-state index in [0.717, 1.165) is 96.3 Å². The summed E-state index contributed by atoms with van der Waals surface area (Å²) in [5.74, 6) is -0.198. The maximum absolute atomic E-state index is 13.0. The smallest absolute Gasteiger partial charge is 0.220 e. The van der Waals surface area contributed by atoms with Crippen LogP contribution in [-0.2, 0) is 14.3 Å². The monoisotopic (exact) mass is 992 g/mol. The molecule has 0 spiro atoms. The third-order valence-corrected chi connectivity index (χ3v) is 12.8. The Labute approximate surface area is 434 Å². The van der Waals surface area contributed by atoms with Crippen LogP contribution in [0.2, 0.25) is 0 Å². The standard InChI is InChI=1S/C62H105NO8/c1-3-5-7-9-11-13-15-17-19-21-22-23-24-25-26-27-28-29-30-31-32-33-34-36-38-40-42-44-46-48-50-52-58(66)63-55(54-70-62-61(69)60(68)59(67)57(53-64)71-62)56(65)51-49-47-45-43-41-39-37-35-20-18-16-14-12-10-8-6-4-2/h5,7,11,13,17,19,22-23,25-26,28-29,31-32,41,43,49,51,55-57,59-62,64-65,67-69H,3-4,6,8-10,12,14-16,18,20-21,24,27,30,33-40,42,44-48,50,52-54H2,1-2H3,(H,63,66)/b7-5-,13-11-,19-17-,23-22-,26-25-,29-28-,32-31-,43-41+,51-49+. The Bertz CT molecular complexity index is 1480. The first kappa shape index (κ1) is 65.9. The normalized spacial score (nSPS) is 20.1. The molecule has 406 valence electrons. The molecule has 1 rings (SSSR count). The van der Waals surface area contributed by atoms with Gasteiger partial charge >= 0.3 is 0 Å². The SMILES string of the molecule is CC/C=C\C/C=C\C/C=C\C/C=C\C/C=C\C/C=C\C/C=C\CCCCCCCCCCCC(=O)NC(COC1OC(CO)C(O)C(O)C1O)C(O)/C=C/CC/C=C/CCCCCCCCCCCCC. The van der Waals surface area contributed by atoms with Crippen LogP contribution in [0.1, 0.15) is 219 Å². The summed E-state index contributed by atoms with van der Waals surface area (Å²) in [5, 5.41) is 54.4. The molecule has 1 heterocycles. The topological polar surface area (TPSA) is 149 Å². The molecule has 6 N–H and O–H groups in total. The Morgan fingerprint density at radius 3 is 1.35 bits per heavy atom. The van der Waals surface area contributed by atoms with Crippen molar-refractivity contribution in [3.63, 3.8) is 0 Å². The Morgan fingerprint density at radius 1 is 0.493 bits per heavy atom. The molecule has 7 unspecified atom stereocenters. The zero-order valence-corrected chi connectivity index (χ0v) is 44.9. The minimum absolute atomic E-state index is 0.198. The lowest BCUT2D eigenvalue weighted by molar-refractivity contribution is -0.302. The van der Waals surface area contributed by atoms with Crippen molar-refractivity contribution in [3.8, 4) is 0 Å². The highest BCUT2D eigenvalue weighted by Crippen LogP contribution is 2.23. The Hall–Kier alpha value is -3.15. The summed E-state index contributed by atoms with van der Waals surface area (Å²) < 4.78 is 11.2. The average Bonchev–Trinajstić information content (AvgIpc) is 3.37. The molecule has 0 aromatic rings. The lowest BCUT2D eigenvalue weighted by Crippen LogP contribution is -2.60. The molecular weight excluding hydrogens is 887 g/mol. The molecule has 1 aliphatic heterocycles. The van der Waals surface area contributed by atoms with Crippen LogP contribution in [0, 0.1) is 0 Å². The fourth-order valence-corrected chi connectivity index (χ4v) is 8.33. The van der Waals surface area contributed by atoms with Crippen molar-refractivity contribution in [2.24, 2.45) is 0 Å². The predicted molar refractivity (Wildman–Crippen MR) is 299 cm³/mol. The summed E-state index contributed by atoms with van der Waals surface area (Å²) in [6, 6.07) is -0.833. The van der Waals surface area contributed by atoms with Crippen LogP contribution in [0.5, 0.6) is 0 Å². The molecule has 0 bridgehead atoms. The number of ether oxygens (including phenoxy) is 2. The summed E-state index contributed by atoms with van der Waals surface area (Å²) in [6.45, 7) is 3.64. The number of rotatable bonds is 47. The van der Waals surface area contributed by atoms with E-state index in [2.05, 4.69) is 116 Å². The van der Waals surface area contributed by atoms with E-state index < -0.39 is 49.5 Å². The van der Waals surface area contributed by atoms with Crippen molar-refractivity contribution in [1.82, 2.24) is 5.32 Å². The van der Waals surface area contributed by atoms with Gasteiger partial charge in [-0.15, -0.1) is 0 Å². The molecule has 0 aromatic heterocycles. The summed E-state index contributed by atoms with van der Waals surface area (Å²) in [5.41, 5.74) is 0. The van der Waals surface area contributed by atoms with Gasteiger partial charge in [0.25, 0.3) is 0 Å². The average molecular weight is 993 g/mol. The summed E-state index contributed by atoms with van der Waals surface area (Å²) >= 11 is 0. The number of unbranched alkanes of at least 4 members (excludes halogenated alkanes) is 21. The Morgan fingerprint density at radius 2 is 0.887 bits per heavy atom. The van der Waals surface area contributed by atoms with Gasteiger partial charge in [0, 0.05) is 6.42 Å². The highest BCUT2D eigenvalue weighted by atomic mass is 16.7. The van der Waals surface area contributed by atoms with E-state index >= 15 is 0 Å². The molecule has 0 saturated carbocycles. The number of aliphatic hydroxyl groups is 5. The summed E-state index contributed by atoms with van der Waals surface area (Å²) in [4.78, 5) is 13.0. The first-order valence-electron chi connectivity index (χ1n) is 28.6. The molecule has 71 heavy (non-hydrogen) atoms. The molecule has 1 saturated heterocycles. The van der Waals surface area contributed by atoms with Crippen molar-refractivity contribution >= 4 is 5.91 Å². The van der Waals surface area contributed by atoms with E-state index in [9.17, 15) is 30.3 Å². The second-order valence-electron chi connectivity index (χ2n) is 19.3. The lowest BCUT2D eigenvalue weighted by atomic mass is 9.99. The second kappa shape index (κ2) is 50.4. The molecular formula is C62H105NO8. The van der Waals surface area contributed by atoms with Crippen molar-refractivity contribution in [3.05, 3.63) is 109 Å². The minimum Gasteiger partial charge on any atom is -0.394 e. The maximum atomic E-state index is 13.0. The van der Waals surface area contributed by atoms with Gasteiger partial charge in [0.1, 0.15) is 24.4 Å². The van der Waals surface area contributed by atoms with Crippen molar-refractivity contribution in [1.29, 1.82) is 0 Å². The highest BCUT2D eigenvalue weighted by molar-refractivity contribution is 5.76. The van der Waals surface area contributed by atoms with Gasteiger partial charge in [0.2, 0.25) is 5.91 Å². The van der Waals surface area contributed by atoms with E-state index in [1.165, 1.54) is 103 Å². The number of carbonyl (C=O) groups excluding carboxylic acids is 1. The van der Waals surface area contributed by atoms with E-state index in [4.69, 9.17) is 9.47 Å². The third-order valence-electron chi connectivity index (χ3n) is 12.8. The first-order valence-corrected chi connectivity index (χ1v) is 28.6. The van der Waals surface area contributed by atoms with Gasteiger partial charge in [-0.2, -0.15) is 0 Å². The van der Waals surface area contributed by atoms with Gasteiger partial charge in [0.05, 0.1) is 25.4 Å². The number of carbonyl (C=O) groups is 1. The Kier molecular flexibility index (Phi) is 46.7. The molecule has 1 aliphatic rings. The van der Waals surface area contributed by atoms with Crippen LogP contribution in [0.15, 0.2) is 109 Å². The van der Waals surface area contributed by atoms with Crippen molar-refractivity contribution < 1.29 is 39.8 Å². The number of nitrogens with one attached hydrogen (secondary N) is 1. The largest absolute Gasteiger partial charge is 0.394 e. The molecule has 1 amide bonds. The van der Waals surface area contributed by atoms with Gasteiger partial charge in [-0.3, -0.25) is 4.79 Å². The molecule has 0 radical (unpaired) electrons. The summed E-state index contributed by atoms with van der Waals surface area (Å²) in [6.07, 6.45) is 67.2. The van der Waals surface area contributed by atoms with E-state index in [-0.39, 0.29) is 12.5 Å². The van der Waals surface area contributed by atoms with Crippen LogP contribution in [0.25, 0.3) is 0 Å². The van der Waals surface area contributed by atoms with Crippen molar-refractivity contribution in [2.75, 3.05) is 13.2 Å². The van der Waals surface area contributed by atoms with Crippen LogP contribution in [0.4, 0.5) is 0 Å². The number of hydrogen-bond donors (Lipinski definition) is 6. The molecule has 1 fully saturated rings. The fourth-order valence-electron chi connectivity index (χ4n) is 8.33. The zero-order valence-electron chi connectivity index (χ0n) is 44.9. The second-order valence-corrected chi connectivity index (χ2v) is 19.3. The van der Waals surface area contributed by atoms with Gasteiger partial charge < -0.3 is 40.3 Å². The number of hydrogen-bond acceptors (Lipinski definition) is 8. The van der Waals surface area contributed by atoms with Crippen LogP contribution in [0.3, 0.4) is 0 Å². The lowest BCUT2D eigenvalue weighted by Gasteiger charge is -2.40. The predicted octanol–water partition coefficient (Wildman–Crippen LogP) is 14.2. The molecule has 0 aromatic carbocycles. The third kappa shape index (κ3) is 40.0. The van der Waals surface area contributed by atoms with Gasteiger partial charge in [0.15, 0.2) is 6.29 Å². The summed E-state index contributed by atoms with van der Waals surface area (Å²) in [7, 11) is 0. The maximum Gasteiger partial charge on any atom is 0.220 e. The zero-order chi connectivity index (χ0) is 51.5. The molecule has 0 aliphatic carbocycles. The van der Waals surface area contributed by atoms with Gasteiger partial charge in [-0.1, -0.05) is 232 Å². The number of aliphatic hydroxyl groups excluding tert-OH is 5. The van der Waals surface area contributed by atoms with Gasteiger partial charge in [-0.25, -0.2) is 0 Å². The fraction of sp³-hybridized carbons (Fsp3) is 0.694. The molecule has 9 nitrogen and oxygen atoms in total. The van der Waals surface area contributed by atoms with E-state index in [1.807, 2.05) is 6.08 Å². The first-order chi connectivity index (χ1) is 34.8. The minimum atomic E-state index is -1.58. The van der Waals surface area contributed by atoms with Gasteiger partial charge in [-0.05, 0) is 89.9 Å². The number of amides is 1. The van der Waals surface area contributed by atoms with Crippen LogP contribution in [-0.4, -0.2) is 87.5 Å². The van der Waals surface area contributed by atoms with Crippen molar-refractivity contribution in [2.45, 2.75) is 262 Å².